The van der Waals surface area contributed by atoms with E-state index in [1.165, 1.54) is 25.1 Å². The van der Waals surface area contributed by atoms with Gasteiger partial charge in [0.15, 0.2) is 0 Å². The van der Waals surface area contributed by atoms with E-state index in [1.807, 2.05) is 5.32 Å². The monoisotopic (exact) mass is 348 g/mol. The lowest BCUT2D eigenvalue weighted by atomic mass is 10.0. The van der Waals surface area contributed by atoms with Gasteiger partial charge in [0.25, 0.3) is 5.91 Å². The molecule has 8 heteroatoms. The van der Waals surface area contributed by atoms with Crippen molar-refractivity contribution in [2.75, 3.05) is 11.9 Å². The largest absolute Gasteiger partial charge is 0.455 e. The minimum atomic E-state index is -5.68. The van der Waals surface area contributed by atoms with Crippen LogP contribution in [0.25, 0.3) is 0 Å². The molecule has 0 aliphatic heterocycles. The highest BCUT2D eigenvalue weighted by molar-refractivity contribution is 6.01. The van der Waals surface area contributed by atoms with E-state index in [1.54, 1.807) is 13.8 Å². The van der Waals surface area contributed by atoms with Crippen LogP contribution in [0.2, 0.25) is 0 Å². The number of hydrogen-bond donors (Lipinski definition) is 2. The van der Waals surface area contributed by atoms with Crippen LogP contribution in [0.5, 0.6) is 0 Å². The summed E-state index contributed by atoms with van der Waals surface area (Å²) in [6.45, 7) is 2.95. The second kappa shape index (κ2) is 6.67. The topological polar surface area (TPSA) is 41.1 Å². The number of benzene rings is 1. The van der Waals surface area contributed by atoms with E-state index in [2.05, 4.69) is 11.2 Å². The van der Waals surface area contributed by atoms with Crippen LogP contribution in [0.3, 0.4) is 0 Å². The predicted octanol–water partition coefficient (Wildman–Crippen LogP) is 3.75. The van der Waals surface area contributed by atoms with Gasteiger partial charge in [-0.05, 0) is 32.4 Å². The Morgan fingerprint density at radius 3 is 2.29 bits per heavy atom. The third-order valence-corrected chi connectivity index (χ3v) is 3.20. The summed E-state index contributed by atoms with van der Waals surface area (Å²) in [6, 6.07) is 4.22. The van der Waals surface area contributed by atoms with Crippen LogP contribution in [-0.2, 0) is 0 Å². The second-order valence-electron chi connectivity index (χ2n) is 5.78. The van der Waals surface area contributed by atoms with Crippen molar-refractivity contribution < 1.29 is 26.7 Å². The van der Waals surface area contributed by atoms with Crippen molar-refractivity contribution in [2.45, 2.75) is 38.4 Å². The third kappa shape index (κ3) is 4.60. The Labute approximate surface area is 136 Å². The molecule has 132 valence electrons. The first-order valence-electron chi connectivity index (χ1n) is 6.89. The molecule has 1 aromatic rings. The molecule has 0 atom stereocenters. The predicted molar refractivity (Wildman–Crippen MR) is 81.0 cm³/mol. The van der Waals surface area contributed by atoms with Gasteiger partial charge in [0, 0.05) is 5.69 Å². The van der Waals surface area contributed by atoms with E-state index >= 15 is 0 Å². The van der Waals surface area contributed by atoms with E-state index in [9.17, 15) is 26.7 Å². The van der Waals surface area contributed by atoms with Gasteiger partial charge >= 0.3 is 12.1 Å². The van der Waals surface area contributed by atoms with E-state index in [0.29, 0.717) is 5.56 Å². The first-order valence-corrected chi connectivity index (χ1v) is 6.89. The number of carbonyl (C=O) groups excluding carboxylic acids is 1. The number of anilines is 1. The molecule has 1 rings (SSSR count). The maximum atomic E-state index is 13.1. The molecule has 0 unspecified atom stereocenters. The zero-order valence-corrected chi connectivity index (χ0v) is 13.3. The fourth-order valence-corrected chi connectivity index (χ4v) is 1.81. The summed E-state index contributed by atoms with van der Waals surface area (Å²) < 4.78 is 62.9. The van der Waals surface area contributed by atoms with Crippen molar-refractivity contribution in [3.05, 3.63) is 29.3 Å². The van der Waals surface area contributed by atoms with E-state index in [0.717, 1.165) is 0 Å². The summed E-state index contributed by atoms with van der Waals surface area (Å²) in [5.41, 5.74) is -0.782. The zero-order valence-electron chi connectivity index (χ0n) is 13.3. The summed E-state index contributed by atoms with van der Waals surface area (Å²) in [6.07, 6.45) is -0.415. The first kappa shape index (κ1) is 19.7. The van der Waals surface area contributed by atoms with Crippen LogP contribution in [0, 0.1) is 19.3 Å². The molecule has 3 nitrogen and oxygen atoms in total. The van der Waals surface area contributed by atoms with Crippen LogP contribution in [-0.4, -0.2) is 30.1 Å². The number of aryl methyl sites for hydroxylation is 1. The Hall–Kier alpha value is -2.30. The highest BCUT2D eigenvalue weighted by atomic mass is 19.4. The van der Waals surface area contributed by atoms with Crippen molar-refractivity contribution >= 4 is 11.6 Å². The van der Waals surface area contributed by atoms with Crippen molar-refractivity contribution in [3.8, 4) is 12.3 Å². The fraction of sp³-hybridized carbons (Fsp3) is 0.438. The van der Waals surface area contributed by atoms with Crippen molar-refractivity contribution in [1.29, 1.82) is 0 Å². The van der Waals surface area contributed by atoms with Gasteiger partial charge in [-0.1, -0.05) is 18.1 Å². The maximum absolute atomic E-state index is 13.1. The molecule has 1 aromatic carbocycles. The van der Waals surface area contributed by atoms with Crippen LogP contribution in [0.15, 0.2) is 18.2 Å². The van der Waals surface area contributed by atoms with Gasteiger partial charge < -0.3 is 10.6 Å². The van der Waals surface area contributed by atoms with Gasteiger partial charge in [0.2, 0.25) is 0 Å². The first-order chi connectivity index (χ1) is 10.8. The van der Waals surface area contributed by atoms with E-state index in [4.69, 9.17) is 6.42 Å². The number of terminal acetylenes is 1. The lowest BCUT2D eigenvalue weighted by Gasteiger charge is -2.24. The van der Waals surface area contributed by atoms with Gasteiger partial charge in [0.05, 0.1) is 17.6 Å². The number of rotatable bonds is 5. The number of nitrogens with one attached hydrogen (secondary N) is 2. The fourth-order valence-electron chi connectivity index (χ4n) is 1.81. The Bertz CT molecular complexity index is 659. The van der Waals surface area contributed by atoms with E-state index < -0.39 is 30.1 Å². The van der Waals surface area contributed by atoms with Crippen molar-refractivity contribution in [3.63, 3.8) is 0 Å². The number of halogens is 5. The molecular formula is C16H17F5N2O. The van der Waals surface area contributed by atoms with Crippen LogP contribution >= 0.6 is 0 Å². The van der Waals surface area contributed by atoms with Gasteiger partial charge in [-0.25, -0.2) is 0 Å². The van der Waals surface area contributed by atoms with Crippen molar-refractivity contribution in [1.82, 2.24) is 5.32 Å². The SMILES string of the molecule is C#CC(C)(C)NC(=O)c1c(C)cccc1NCC(F)(F)C(F)(F)F. The van der Waals surface area contributed by atoms with Crippen LogP contribution < -0.4 is 10.6 Å². The van der Waals surface area contributed by atoms with Crippen LogP contribution in [0.4, 0.5) is 27.6 Å². The molecule has 0 heterocycles. The minimum absolute atomic E-state index is 0.0428. The molecule has 0 radical (unpaired) electrons. The number of carbonyl (C=O) groups is 1. The van der Waals surface area contributed by atoms with Gasteiger partial charge in [-0.2, -0.15) is 22.0 Å². The molecule has 0 bridgehead atoms. The Morgan fingerprint density at radius 2 is 1.79 bits per heavy atom. The quantitative estimate of drug-likeness (QED) is 0.629. The summed E-state index contributed by atoms with van der Waals surface area (Å²) >= 11 is 0. The number of alkyl halides is 5. The lowest BCUT2D eigenvalue weighted by Crippen LogP contribution is -2.44. The molecule has 0 aromatic heterocycles. The molecular weight excluding hydrogens is 331 g/mol. The Kier molecular flexibility index (Phi) is 5.49. The average Bonchev–Trinajstić information content (AvgIpc) is 2.43. The standard InChI is InChI=1S/C16H17F5N2O/c1-5-14(3,4)23-13(24)12-10(2)7-6-8-11(12)22-9-15(17,18)16(19,20)21/h1,6-8,22H,9H2,2-4H3,(H,23,24). The van der Waals surface area contributed by atoms with Crippen LogP contribution in [0.1, 0.15) is 29.8 Å². The average molecular weight is 348 g/mol. The molecule has 0 saturated carbocycles. The molecule has 0 aliphatic rings. The summed E-state index contributed by atoms with van der Waals surface area (Å²) in [5, 5.41) is 4.51. The summed E-state index contributed by atoms with van der Waals surface area (Å²) in [5.74, 6) is -3.26. The molecule has 2 N–H and O–H groups in total. The molecule has 24 heavy (non-hydrogen) atoms. The number of amides is 1. The summed E-state index contributed by atoms with van der Waals surface area (Å²) in [7, 11) is 0. The van der Waals surface area contributed by atoms with Crippen molar-refractivity contribution in [2.24, 2.45) is 0 Å². The number of hydrogen-bond acceptors (Lipinski definition) is 2. The normalized spacial score (nSPS) is 12.5. The Morgan fingerprint density at radius 1 is 1.21 bits per heavy atom. The highest BCUT2D eigenvalue weighted by Crippen LogP contribution is 2.35. The second-order valence-corrected chi connectivity index (χ2v) is 5.78. The molecule has 0 spiro atoms. The zero-order chi connectivity index (χ0) is 18.8. The smallest absolute Gasteiger partial charge is 0.378 e. The van der Waals surface area contributed by atoms with E-state index in [-0.39, 0.29) is 11.3 Å². The highest BCUT2D eigenvalue weighted by Gasteiger charge is 2.57. The van der Waals surface area contributed by atoms with Gasteiger partial charge in [0.1, 0.15) is 0 Å². The van der Waals surface area contributed by atoms with Gasteiger partial charge in [-0.15, -0.1) is 6.42 Å². The molecule has 0 fully saturated rings. The lowest BCUT2D eigenvalue weighted by molar-refractivity contribution is -0.275. The molecule has 0 saturated heterocycles. The molecule has 1 amide bonds. The molecule has 0 aliphatic carbocycles. The maximum Gasteiger partial charge on any atom is 0.455 e. The minimum Gasteiger partial charge on any atom is -0.378 e. The Balaban J connectivity index is 3.09. The van der Waals surface area contributed by atoms with Gasteiger partial charge in [-0.3, -0.25) is 4.79 Å². The third-order valence-electron chi connectivity index (χ3n) is 3.20. The summed E-state index contributed by atoms with van der Waals surface area (Å²) in [4.78, 5) is 12.3.